The van der Waals surface area contributed by atoms with Gasteiger partial charge in [-0.2, -0.15) is 0 Å². The number of furan rings is 1. The van der Waals surface area contributed by atoms with Gasteiger partial charge in [0.25, 0.3) is 5.91 Å². The Morgan fingerprint density at radius 1 is 1.31 bits per heavy atom. The Balaban J connectivity index is 1.40. The van der Waals surface area contributed by atoms with Crippen LogP contribution in [0.15, 0.2) is 23.0 Å². The summed E-state index contributed by atoms with van der Waals surface area (Å²) in [6.45, 7) is 4.03. The lowest BCUT2D eigenvalue weighted by Crippen LogP contribution is -2.49. The van der Waals surface area contributed by atoms with Crippen LogP contribution in [0.4, 0.5) is 0 Å². The minimum atomic E-state index is -0.583. The number of amides is 2. The molecule has 0 bridgehead atoms. The van der Waals surface area contributed by atoms with Crippen molar-refractivity contribution in [2.75, 3.05) is 13.1 Å². The van der Waals surface area contributed by atoms with E-state index in [1.807, 2.05) is 4.90 Å². The molecule has 2 aliphatic rings. The van der Waals surface area contributed by atoms with E-state index in [9.17, 15) is 9.59 Å². The number of carbonyl (C=O) groups is 2. The summed E-state index contributed by atoms with van der Waals surface area (Å²) >= 11 is 0. The molecule has 4 rings (SSSR count). The van der Waals surface area contributed by atoms with Gasteiger partial charge in [0.1, 0.15) is 24.0 Å². The Labute approximate surface area is 151 Å². The molecule has 138 valence electrons. The predicted molar refractivity (Wildman–Crippen MR) is 92.5 cm³/mol. The van der Waals surface area contributed by atoms with Crippen LogP contribution >= 0.6 is 0 Å². The van der Waals surface area contributed by atoms with E-state index in [0.717, 1.165) is 43.9 Å². The van der Waals surface area contributed by atoms with Crippen LogP contribution in [0.1, 0.15) is 54.1 Å². The fourth-order valence-corrected chi connectivity index (χ4v) is 3.87. The highest BCUT2D eigenvalue weighted by molar-refractivity contribution is 5.97. The first-order valence-electron chi connectivity index (χ1n) is 9.17. The number of carbonyl (C=O) groups excluding carboxylic acids is 2. The molecule has 1 fully saturated rings. The maximum Gasteiger partial charge on any atom is 0.255 e. The largest absolute Gasteiger partial charge is 0.472 e. The van der Waals surface area contributed by atoms with Crippen LogP contribution in [-0.4, -0.2) is 50.6 Å². The highest BCUT2D eigenvalue weighted by atomic mass is 16.3. The molecule has 2 amide bonds. The molecule has 4 heterocycles. The van der Waals surface area contributed by atoms with Gasteiger partial charge in [-0.05, 0) is 32.3 Å². The number of nitrogens with one attached hydrogen (secondary N) is 1. The number of aromatic nitrogens is 3. The topological polar surface area (TPSA) is 93.3 Å². The van der Waals surface area contributed by atoms with Crippen molar-refractivity contribution in [1.82, 2.24) is 25.0 Å². The maximum absolute atomic E-state index is 12.8. The normalized spacial score (nSPS) is 20.7. The van der Waals surface area contributed by atoms with Gasteiger partial charge >= 0.3 is 0 Å². The first-order chi connectivity index (χ1) is 12.6. The number of likely N-dealkylation sites (tertiary alicyclic amines) is 1. The second kappa shape index (κ2) is 6.93. The van der Waals surface area contributed by atoms with Crippen molar-refractivity contribution in [2.24, 2.45) is 0 Å². The summed E-state index contributed by atoms with van der Waals surface area (Å²) in [5.74, 6) is 1.91. The highest BCUT2D eigenvalue weighted by Gasteiger charge is 2.32. The molecule has 2 atom stereocenters. The van der Waals surface area contributed by atoms with Crippen LogP contribution in [0.2, 0.25) is 0 Å². The number of piperidine rings is 1. The molecule has 26 heavy (non-hydrogen) atoms. The molecule has 0 aliphatic carbocycles. The van der Waals surface area contributed by atoms with Crippen LogP contribution in [0, 0.1) is 0 Å². The summed E-state index contributed by atoms with van der Waals surface area (Å²) < 4.78 is 7.13. The van der Waals surface area contributed by atoms with Gasteiger partial charge in [-0.3, -0.25) is 9.59 Å². The van der Waals surface area contributed by atoms with Gasteiger partial charge in [0.2, 0.25) is 5.91 Å². The average Bonchev–Trinajstić information content (AvgIpc) is 3.38. The first kappa shape index (κ1) is 16.8. The summed E-state index contributed by atoms with van der Waals surface area (Å²) in [5, 5.41) is 11.4. The van der Waals surface area contributed by atoms with Gasteiger partial charge in [-0.1, -0.05) is 0 Å². The zero-order valence-electron chi connectivity index (χ0n) is 14.9. The minimum absolute atomic E-state index is 0.0623. The summed E-state index contributed by atoms with van der Waals surface area (Å²) in [5.41, 5.74) is 0.417. The molecule has 1 N–H and O–H groups in total. The molecule has 2 aliphatic heterocycles. The second-order valence-corrected chi connectivity index (χ2v) is 7.06. The number of hydrogen-bond acceptors (Lipinski definition) is 5. The van der Waals surface area contributed by atoms with Gasteiger partial charge in [-0.15, -0.1) is 10.2 Å². The molecule has 0 radical (unpaired) electrons. The van der Waals surface area contributed by atoms with Crippen LogP contribution < -0.4 is 5.32 Å². The van der Waals surface area contributed by atoms with Gasteiger partial charge in [0.15, 0.2) is 0 Å². The molecule has 0 spiro atoms. The van der Waals surface area contributed by atoms with Crippen molar-refractivity contribution < 1.29 is 14.0 Å². The molecule has 2 aromatic heterocycles. The molecule has 2 aromatic rings. The highest BCUT2D eigenvalue weighted by Crippen LogP contribution is 2.28. The number of nitrogens with zero attached hydrogens (tertiary/aromatic N) is 4. The molecular formula is C18H23N5O3. The summed E-state index contributed by atoms with van der Waals surface area (Å²) in [7, 11) is 0. The number of hydrogen-bond donors (Lipinski definition) is 1. The predicted octanol–water partition coefficient (Wildman–Crippen LogP) is 1.34. The fourth-order valence-electron chi connectivity index (χ4n) is 3.87. The monoisotopic (exact) mass is 357 g/mol. The third-order valence-corrected chi connectivity index (χ3v) is 5.24. The average molecular weight is 357 g/mol. The molecule has 8 heteroatoms. The van der Waals surface area contributed by atoms with Gasteiger partial charge in [0.05, 0.1) is 11.8 Å². The maximum atomic E-state index is 12.8. The fraction of sp³-hybridized carbons (Fsp3) is 0.556. The third-order valence-electron chi connectivity index (χ3n) is 5.24. The van der Waals surface area contributed by atoms with E-state index in [-0.39, 0.29) is 17.7 Å². The van der Waals surface area contributed by atoms with Gasteiger partial charge < -0.3 is 19.2 Å². The molecule has 0 aromatic carbocycles. The van der Waals surface area contributed by atoms with Crippen LogP contribution in [0.25, 0.3) is 0 Å². The van der Waals surface area contributed by atoms with E-state index in [0.29, 0.717) is 18.7 Å². The Morgan fingerprint density at radius 3 is 3.00 bits per heavy atom. The Kier molecular flexibility index (Phi) is 4.48. The standard InChI is InChI=1S/C18H23N5O3/c1-12(19-17(24)14-6-9-26-11-14)18(25)22-7-2-4-13(10-22)16-21-20-15-5-3-8-23(15)16/h6,9,11-13H,2-5,7-8,10H2,1H3,(H,19,24)/t12-,13-/m1/s1. The Bertz CT molecular complexity index is 798. The van der Waals surface area contributed by atoms with Crippen molar-refractivity contribution in [3.8, 4) is 0 Å². The van der Waals surface area contributed by atoms with E-state index in [1.54, 1.807) is 13.0 Å². The van der Waals surface area contributed by atoms with Crippen LogP contribution in [-0.2, 0) is 17.8 Å². The minimum Gasteiger partial charge on any atom is -0.472 e. The van der Waals surface area contributed by atoms with Gasteiger partial charge in [-0.25, -0.2) is 0 Å². The second-order valence-electron chi connectivity index (χ2n) is 7.06. The van der Waals surface area contributed by atoms with Crippen molar-refractivity contribution in [3.63, 3.8) is 0 Å². The van der Waals surface area contributed by atoms with E-state index >= 15 is 0 Å². The lowest BCUT2D eigenvalue weighted by atomic mass is 9.96. The smallest absolute Gasteiger partial charge is 0.255 e. The molecule has 8 nitrogen and oxygen atoms in total. The van der Waals surface area contributed by atoms with Gasteiger partial charge in [0, 0.05) is 32.0 Å². The number of aryl methyl sites for hydroxylation is 1. The van der Waals surface area contributed by atoms with Crippen molar-refractivity contribution in [2.45, 2.75) is 51.1 Å². The van der Waals surface area contributed by atoms with Crippen LogP contribution in [0.3, 0.4) is 0 Å². The first-order valence-corrected chi connectivity index (χ1v) is 9.17. The third kappa shape index (κ3) is 3.11. The van der Waals surface area contributed by atoms with E-state index in [4.69, 9.17) is 4.42 Å². The van der Waals surface area contributed by atoms with E-state index in [1.165, 1.54) is 12.5 Å². The molecular weight excluding hydrogens is 334 g/mol. The Hall–Kier alpha value is -2.64. The SMILES string of the molecule is C[C@@H](NC(=O)c1ccoc1)C(=O)N1CCC[C@@H](c2nnc3n2CCC3)C1. The molecule has 0 unspecified atom stereocenters. The van der Waals surface area contributed by atoms with Crippen molar-refractivity contribution in [1.29, 1.82) is 0 Å². The lowest BCUT2D eigenvalue weighted by Gasteiger charge is -2.34. The Morgan fingerprint density at radius 2 is 2.19 bits per heavy atom. The lowest BCUT2D eigenvalue weighted by molar-refractivity contribution is -0.134. The van der Waals surface area contributed by atoms with Crippen molar-refractivity contribution in [3.05, 3.63) is 35.8 Å². The zero-order chi connectivity index (χ0) is 18.1. The molecule has 1 saturated heterocycles. The zero-order valence-corrected chi connectivity index (χ0v) is 14.9. The summed E-state index contributed by atoms with van der Waals surface area (Å²) in [4.78, 5) is 26.8. The quantitative estimate of drug-likeness (QED) is 0.891. The van der Waals surface area contributed by atoms with Crippen LogP contribution in [0.5, 0.6) is 0 Å². The van der Waals surface area contributed by atoms with E-state index < -0.39 is 6.04 Å². The summed E-state index contributed by atoms with van der Waals surface area (Å²) in [6.07, 6.45) is 6.85. The number of rotatable bonds is 4. The summed E-state index contributed by atoms with van der Waals surface area (Å²) in [6, 6.07) is 0.996. The molecule has 0 saturated carbocycles. The van der Waals surface area contributed by atoms with E-state index in [2.05, 4.69) is 20.1 Å². The number of fused-ring (bicyclic) bond motifs is 1. The van der Waals surface area contributed by atoms with Crippen molar-refractivity contribution >= 4 is 11.8 Å².